The molecule has 0 saturated carbocycles. The summed E-state index contributed by atoms with van der Waals surface area (Å²) in [7, 11) is 0. The number of nitrogens with zero attached hydrogens (tertiary/aromatic N) is 1. The van der Waals surface area contributed by atoms with Gasteiger partial charge in [-0.15, -0.1) is 0 Å². The zero-order chi connectivity index (χ0) is 14.9. The molecule has 0 aliphatic carbocycles. The first-order valence-electron chi connectivity index (χ1n) is 7.80. The molecule has 1 aliphatic rings. The van der Waals surface area contributed by atoms with E-state index in [4.69, 9.17) is 9.47 Å². The van der Waals surface area contributed by atoms with Crippen LogP contribution < -0.4 is 0 Å². The van der Waals surface area contributed by atoms with Crippen molar-refractivity contribution in [3.8, 4) is 0 Å². The monoisotopic (exact) mass is 291 g/mol. The second-order valence-electron chi connectivity index (χ2n) is 5.31. The standard InChI is InChI=1S/C17H25NO3/c1-2-20-12-13-21-16-8-10-18(11-9-16)17(19)14-15-6-4-3-5-7-15/h3-7,16H,2,8-14H2,1H3. The van der Waals surface area contributed by atoms with Crippen LogP contribution in [-0.4, -0.2) is 49.8 Å². The maximum Gasteiger partial charge on any atom is 0.226 e. The molecule has 1 aromatic carbocycles. The number of carbonyl (C=O) groups is 1. The van der Waals surface area contributed by atoms with Crippen molar-refractivity contribution in [1.82, 2.24) is 4.90 Å². The Hall–Kier alpha value is -1.39. The Morgan fingerprint density at radius 3 is 2.57 bits per heavy atom. The molecule has 116 valence electrons. The number of rotatable bonds is 7. The number of benzene rings is 1. The summed E-state index contributed by atoms with van der Waals surface area (Å²) in [6.45, 7) is 5.61. The van der Waals surface area contributed by atoms with Crippen LogP contribution in [0.25, 0.3) is 0 Å². The van der Waals surface area contributed by atoms with Crippen molar-refractivity contribution in [2.75, 3.05) is 32.9 Å². The fourth-order valence-corrected chi connectivity index (χ4v) is 2.57. The third-order valence-corrected chi connectivity index (χ3v) is 3.78. The topological polar surface area (TPSA) is 38.8 Å². The molecule has 21 heavy (non-hydrogen) atoms. The summed E-state index contributed by atoms with van der Waals surface area (Å²) in [5.41, 5.74) is 1.08. The van der Waals surface area contributed by atoms with E-state index >= 15 is 0 Å². The smallest absolute Gasteiger partial charge is 0.226 e. The Balaban J connectivity index is 1.67. The van der Waals surface area contributed by atoms with E-state index in [0.717, 1.165) is 38.1 Å². The van der Waals surface area contributed by atoms with E-state index < -0.39 is 0 Å². The molecule has 0 aromatic heterocycles. The number of piperidine rings is 1. The Bertz CT molecular complexity index is 413. The van der Waals surface area contributed by atoms with Crippen molar-refractivity contribution in [3.05, 3.63) is 35.9 Å². The summed E-state index contributed by atoms with van der Waals surface area (Å²) >= 11 is 0. The van der Waals surface area contributed by atoms with Gasteiger partial charge >= 0.3 is 0 Å². The van der Waals surface area contributed by atoms with Crippen LogP contribution in [0, 0.1) is 0 Å². The lowest BCUT2D eigenvalue weighted by molar-refractivity contribution is -0.133. The molecule has 1 heterocycles. The second-order valence-corrected chi connectivity index (χ2v) is 5.31. The number of amides is 1. The molecule has 0 unspecified atom stereocenters. The van der Waals surface area contributed by atoms with Crippen LogP contribution in [0.15, 0.2) is 30.3 Å². The number of ether oxygens (including phenoxy) is 2. The zero-order valence-electron chi connectivity index (χ0n) is 12.8. The SMILES string of the molecule is CCOCCOC1CCN(C(=O)Cc2ccccc2)CC1. The molecule has 1 fully saturated rings. The zero-order valence-corrected chi connectivity index (χ0v) is 12.8. The van der Waals surface area contributed by atoms with Gasteiger partial charge in [0, 0.05) is 19.7 Å². The third-order valence-electron chi connectivity index (χ3n) is 3.78. The van der Waals surface area contributed by atoms with Gasteiger partial charge in [0.05, 0.1) is 25.7 Å². The Morgan fingerprint density at radius 1 is 1.19 bits per heavy atom. The van der Waals surface area contributed by atoms with E-state index in [0.29, 0.717) is 19.6 Å². The van der Waals surface area contributed by atoms with Gasteiger partial charge < -0.3 is 14.4 Å². The number of likely N-dealkylation sites (tertiary alicyclic amines) is 1. The van der Waals surface area contributed by atoms with Gasteiger partial charge in [-0.05, 0) is 25.3 Å². The van der Waals surface area contributed by atoms with Crippen LogP contribution in [0.2, 0.25) is 0 Å². The van der Waals surface area contributed by atoms with Crippen LogP contribution in [0.5, 0.6) is 0 Å². The van der Waals surface area contributed by atoms with E-state index in [-0.39, 0.29) is 12.0 Å². The summed E-state index contributed by atoms with van der Waals surface area (Å²) in [5.74, 6) is 0.217. The van der Waals surface area contributed by atoms with Crippen molar-refractivity contribution < 1.29 is 14.3 Å². The number of carbonyl (C=O) groups excluding carboxylic acids is 1. The lowest BCUT2D eigenvalue weighted by Crippen LogP contribution is -2.41. The predicted octanol–water partition coefficient (Wildman–Crippen LogP) is 2.27. The van der Waals surface area contributed by atoms with Crippen LogP contribution >= 0.6 is 0 Å². The van der Waals surface area contributed by atoms with Gasteiger partial charge in [-0.25, -0.2) is 0 Å². The average Bonchev–Trinajstić information content (AvgIpc) is 2.53. The first-order valence-corrected chi connectivity index (χ1v) is 7.80. The fraction of sp³-hybridized carbons (Fsp3) is 0.588. The van der Waals surface area contributed by atoms with E-state index in [1.54, 1.807) is 0 Å². The van der Waals surface area contributed by atoms with Crippen LogP contribution in [0.1, 0.15) is 25.3 Å². The highest BCUT2D eigenvalue weighted by molar-refractivity contribution is 5.78. The molecule has 2 rings (SSSR count). The molecule has 0 atom stereocenters. The summed E-state index contributed by atoms with van der Waals surface area (Å²) in [6.07, 6.45) is 2.61. The van der Waals surface area contributed by atoms with Gasteiger partial charge in [0.25, 0.3) is 0 Å². The minimum absolute atomic E-state index is 0.217. The normalized spacial score (nSPS) is 16.1. The first kappa shape index (κ1) is 16.0. The van der Waals surface area contributed by atoms with Crippen LogP contribution in [-0.2, 0) is 20.7 Å². The minimum atomic E-state index is 0.217. The molecule has 0 bridgehead atoms. The number of hydrogen-bond acceptors (Lipinski definition) is 3. The molecular weight excluding hydrogens is 266 g/mol. The highest BCUT2D eigenvalue weighted by Gasteiger charge is 2.23. The molecule has 1 saturated heterocycles. The van der Waals surface area contributed by atoms with Gasteiger partial charge in [0.2, 0.25) is 5.91 Å². The predicted molar refractivity (Wildman–Crippen MR) is 82.2 cm³/mol. The molecule has 1 amide bonds. The lowest BCUT2D eigenvalue weighted by atomic mass is 10.1. The summed E-state index contributed by atoms with van der Waals surface area (Å²) in [4.78, 5) is 14.2. The van der Waals surface area contributed by atoms with Crippen molar-refractivity contribution in [2.45, 2.75) is 32.3 Å². The first-order chi connectivity index (χ1) is 10.3. The Labute approximate surface area is 127 Å². The average molecular weight is 291 g/mol. The van der Waals surface area contributed by atoms with E-state index in [1.165, 1.54) is 0 Å². The van der Waals surface area contributed by atoms with Crippen molar-refractivity contribution >= 4 is 5.91 Å². The molecule has 0 radical (unpaired) electrons. The third kappa shape index (κ3) is 5.48. The van der Waals surface area contributed by atoms with Gasteiger partial charge in [-0.1, -0.05) is 30.3 Å². The van der Waals surface area contributed by atoms with Gasteiger partial charge in [-0.2, -0.15) is 0 Å². The van der Waals surface area contributed by atoms with Gasteiger partial charge in [-0.3, -0.25) is 4.79 Å². The maximum atomic E-state index is 12.2. The van der Waals surface area contributed by atoms with Crippen molar-refractivity contribution in [3.63, 3.8) is 0 Å². The lowest BCUT2D eigenvalue weighted by Gasteiger charge is -2.32. The molecule has 4 nitrogen and oxygen atoms in total. The molecule has 1 aromatic rings. The Morgan fingerprint density at radius 2 is 1.90 bits per heavy atom. The van der Waals surface area contributed by atoms with Crippen LogP contribution in [0.3, 0.4) is 0 Å². The highest BCUT2D eigenvalue weighted by Crippen LogP contribution is 2.15. The summed E-state index contributed by atoms with van der Waals surface area (Å²) in [5, 5.41) is 0. The molecule has 1 aliphatic heterocycles. The molecule has 0 spiro atoms. The van der Waals surface area contributed by atoms with Crippen LogP contribution in [0.4, 0.5) is 0 Å². The quantitative estimate of drug-likeness (QED) is 0.723. The minimum Gasteiger partial charge on any atom is -0.379 e. The largest absolute Gasteiger partial charge is 0.379 e. The van der Waals surface area contributed by atoms with Gasteiger partial charge in [0.15, 0.2) is 0 Å². The summed E-state index contributed by atoms with van der Waals surface area (Å²) < 4.78 is 11.0. The summed E-state index contributed by atoms with van der Waals surface area (Å²) in [6, 6.07) is 9.92. The van der Waals surface area contributed by atoms with E-state index in [9.17, 15) is 4.79 Å². The molecular formula is C17H25NO3. The van der Waals surface area contributed by atoms with Crippen molar-refractivity contribution in [2.24, 2.45) is 0 Å². The molecule has 0 N–H and O–H groups in total. The number of hydrogen-bond donors (Lipinski definition) is 0. The maximum absolute atomic E-state index is 12.2. The van der Waals surface area contributed by atoms with Crippen molar-refractivity contribution in [1.29, 1.82) is 0 Å². The highest BCUT2D eigenvalue weighted by atomic mass is 16.5. The van der Waals surface area contributed by atoms with E-state index in [1.807, 2.05) is 42.2 Å². The van der Waals surface area contributed by atoms with Gasteiger partial charge in [0.1, 0.15) is 0 Å². The second kappa shape index (κ2) is 8.80. The fourth-order valence-electron chi connectivity index (χ4n) is 2.57. The molecule has 4 heteroatoms. The Kier molecular flexibility index (Phi) is 6.70. The van der Waals surface area contributed by atoms with E-state index in [2.05, 4.69) is 0 Å².